The summed E-state index contributed by atoms with van der Waals surface area (Å²) in [5.74, 6) is -1.22. The number of likely N-dealkylation sites (N-methyl/N-ethyl adjacent to an activating group) is 1. The Morgan fingerprint density at radius 1 is 1.05 bits per heavy atom. The van der Waals surface area contributed by atoms with E-state index in [1.807, 2.05) is 11.9 Å². The van der Waals surface area contributed by atoms with Crippen LogP contribution in [0.3, 0.4) is 0 Å². The molecule has 2 aromatic heterocycles. The van der Waals surface area contributed by atoms with E-state index in [0.29, 0.717) is 35.9 Å². The first-order valence-electron chi connectivity index (χ1n) is 11.7. The number of hydrogen-bond acceptors (Lipinski definition) is 9. The number of rotatable bonds is 8. The van der Waals surface area contributed by atoms with E-state index < -0.39 is 23.8 Å². The number of halogens is 3. The normalized spacial score (nSPS) is 14.7. The Labute approximate surface area is 216 Å². The number of hydrogen-bond donors (Lipinski definition) is 2. The lowest BCUT2D eigenvalue weighted by Crippen LogP contribution is -2.47. The standard InChI is InChI=1S/C25H26F3N7O3/c1-34-6-8-35(9-7-34)15-24(37)33-19-10-17(2-3-22(19)38-25(26,27)28)21(36)12-18-13-32-20(14-31-18)16-4-5-30-23(29)11-16/h2-5,10-11,13-14H,6-9,12,15H2,1H3,(H2,29,30)(H,33,37). The maximum atomic E-state index is 13.0. The molecule has 0 radical (unpaired) electrons. The molecule has 4 rings (SSSR count). The van der Waals surface area contributed by atoms with Crippen molar-refractivity contribution in [2.75, 3.05) is 50.8 Å². The maximum absolute atomic E-state index is 13.0. The number of carbonyl (C=O) groups is 2. The van der Waals surface area contributed by atoms with Gasteiger partial charge in [0, 0.05) is 49.7 Å². The second kappa shape index (κ2) is 11.5. The Hall–Kier alpha value is -4.10. The number of benzene rings is 1. The molecule has 0 bridgehead atoms. The van der Waals surface area contributed by atoms with Gasteiger partial charge >= 0.3 is 6.36 Å². The van der Waals surface area contributed by atoms with Crippen LogP contribution in [-0.2, 0) is 11.2 Å². The van der Waals surface area contributed by atoms with Crippen LogP contribution in [0.4, 0.5) is 24.7 Å². The molecule has 1 aromatic carbocycles. The molecule has 38 heavy (non-hydrogen) atoms. The fraction of sp³-hybridized carbons (Fsp3) is 0.320. The van der Waals surface area contributed by atoms with Crippen LogP contribution in [0.5, 0.6) is 5.75 Å². The zero-order valence-electron chi connectivity index (χ0n) is 20.5. The number of nitrogen functional groups attached to an aromatic ring is 1. The predicted molar refractivity (Wildman–Crippen MR) is 133 cm³/mol. The van der Waals surface area contributed by atoms with Crippen molar-refractivity contribution in [2.45, 2.75) is 12.8 Å². The average molecular weight is 530 g/mol. The summed E-state index contributed by atoms with van der Waals surface area (Å²) in [5, 5.41) is 2.47. The van der Waals surface area contributed by atoms with Crippen molar-refractivity contribution in [3.8, 4) is 17.0 Å². The number of Topliss-reactive ketones (excluding diaryl/α,β-unsaturated/α-hetero) is 1. The first-order chi connectivity index (χ1) is 18.1. The van der Waals surface area contributed by atoms with Crippen LogP contribution in [0.2, 0.25) is 0 Å². The summed E-state index contributed by atoms with van der Waals surface area (Å²) in [6.45, 7) is 2.87. The number of alkyl halides is 3. The number of nitrogens with one attached hydrogen (secondary N) is 1. The van der Waals surface area contributed by atoms with Gasteiger partial charge in [0.1, 0.15) is 5.82 Å². The smallest absolute Gasteiger partial charge is 0.404 e. The van der Waals surface area contributed by atoms with E-state index in [0.717, 1.165) is 19.2 Å². The molecule has 0 spiro atoms. The van der Waals surface area contributed by atoms with Crippen LogP contribution in [0.25, 0.3) is 11.3 Å². The highest BCUT2D eigenvalue weighted by molar-refractivity contribution is 6.00. The number of carbonyl (C=O) groups excluding carboxylic acids is 2. The van der Waals surface area contributed by atoms with Crippen molar-refractivity contribution < 1.29 is 27.5 Å². The van der Waals surface area contributed by atoms with Crippen LogP contribution >= 0.6 is 0 Å². The Kier molecular flexibility index (Phi) is 8.17. The van der Waals surface area contributed by atoms with Gasteiger partial charge in [-0.25, -0.2) is 4.98 Å². The zero-order valence-corrected chi connectivity index (χ0v) is 20.5. The Morgan fingerprint density at radius 2 is 1.82 bits per heavy atom. The van der Waals surface area contributed by atoms with Crippen molar-refractivity contribution in [3.05, 3.63) is 60.2 Å². The third-order valence-electron chi connectivity index (χ3n) is 5.89. The highest BCUT2D eigenvalue weighted by atomic mass is 19.4. The lowest BCUT2D eigenvalue weighted by molar-refractivity contribution is -0.274. The zero-order chi connectivity index (χ0) is 27.3. The summed E-state index contributed by atoms with van der Waals surface area (Å²) in [4.78, 5) is 42.0. The van der Waals surface area contributed by atoms with E-state index in [1.54, 1.807) is 12.1 Å². The van der Waals surface area contributed by atoms with Crippen molar-refractivity contribution in [3.63, 3.8) is 0 Å². The molecule has 1 amide bonds. The number of piperazine rings is 1. The summed E-state index contributed by atoms with van der Waals surface area (Å²) in [6, 6.07) is 6.75. The van der Waals surface area contributed by atoms with E-state index in [1.165, 1.54) is 30.7 Å². The summed E-state index contributed by atoms with van der Waals surface area (Å²) >= 11 is 0. The predicted octanol–water partition coefficient (Wildman–Crippen LogP) is 2.63. The molecular formula is C25H26F3N7O3. The van der Waals surface area contributed by atoms with Gasteiger partial charge in [-0.2, -0.15) is 0 Å². The second-order valence-electron chi connectivity index (χ2n) is 8.85. The highest BCUT2D eigenvalue weighted by Crippen LogP contribution is 2.31. The maximum Gasteiger partial charge on any atom is 0.573 e. The van der Waals surface area contributed by atoms with Crippen LogP contribution in [-0.4, -0.2) is 82.6 Å². The number of ether oxygens (including phenoxy) is 1. The molecule has 10 nitrogen and oxygen atoms in total. The average Bonchev–Trinajstić information content (AvgIpc) is 2.86. The second-order valence-corrected chi connectivity index (χ2v) is 8.85. The van der Waals surface area contributed by atoms with Gasteiger partial charge in [-0.05, 0) is 37.4 Å². The molecule has 3 aromatic rings. The van der Waals surface area contributed by atoms with E-state index >= 15 is 0 Å². The Balaban J connectivity index is 1.47. The molecule has 1 aliphatic heterocycles. The molecule has 200 valence electrons. The fourth-order valence-electron chi connectivity index (χ4n) is 3.88. The number of pyridine rings is 1. The highest BCUT2D eigenvalue weighted by Gasteiger charge is 2.32. The summed E-state index contributed by atoms with van der Waals surface area (Å²) in [5.41, 5.74) is 7.13. The Bertz CT molecular complexity index is 1290. The molecule has 1 saturated heterocycles. The minimum atomic E-state index is -4.97. The van der Waals surface area contributed by atoms with Gasteiger partial charge in [-0.3, -0.25) is 24.5 Å². The summed E-state index contributed by atoms with van der Waals surface area (Å²) < 4.78 is 42.9. The van der Waals surface area contributed by atoms with Crippen LogP contribution in [0, 0.1) is 0 Å². The number of aromatic nitrogens is 3. The van der Waals surface area contributed by atoms with Gasteiger partial charge < -0.3 is 20.7 Å². The van der Waals surface area contributed by atoms with Crippen LogP contribution < -0.4 is 15.8 Å². The fourth-order valence-corrected chi connectivity index (χ4v) is 3.88. The third kappa shape index (κ3) is 7.46. The van der Waals surface area contributed by atoms with Gasteiger partial charge in [0.25, 0.3) is 0 Å². The monoisotopic (exact) mass is 529 g/mol. The quantitative estimate of drug-likeness (QED) is 0.424. The minimum Gasteiger partial charge on any atom is -0.404 e. The molecule has 1 fully saturated rings. The number of nitrogens with zero attached hydrogens (tertiary/aromatic N) is 5. The molecule has 1 aliphatic rings. The van der Waals surface area contributed by atoms with E-state index in [9.17, 15) is 22.8 Å². The van der Waals surface area contributed by atoms with E-state index in [4.69, 9.17) is 5.73 Å². The molecule has 0 unspecified atom stereocenters. The topological polar surface area (TPSA) is 127 Å². The van der Waals surface area contributed by atoms with Crippen molar-refractivity contribution in [2.24, 2.45) is 0 Å². The molecule has 13 heteroatoms. The lowest BCUT2D eigenvalue weighted by atomic mass is 10.1. The van der Waals surface area contributed by atoms with E-state index in [2.05, 4.69) is 29.9 Å². The van der Waals surface area contributed by atoms with Gasteiger partial charge in [0.15, 0.2) is 11.5 Å². The SMILES string of the molecule is CN1CCN(CC(=O)Nc2cc(C(=O)Cc3cnc(-c4ccnc(N)c4)cn3)ccc2OC(F)(F)F)CC1. The van der Waals surface area contributed by atoms with E-state index in [-0.39, 0.29) is 24.2 Å². The number of nitrogens with two attached hydrogens (primary N) is 1. The first-order valence-corrected chi connectivity index (χ1v) is 11.7. The molecule has 0 saturated carbocycles. The molecule has 3 N–H and O–H groups in total. The van der Waals surface area contributed by atoms with Crippen molar-refractivity contribution >= 4 is 23.2 Å². The summed E-state index contributed by atoms with van der Waals surface area (Å²) in [7, 11) is 1.97. The number of ketones is 1. The van der Waals surface area contributed by atoms with Gasteiger partial charge in [0.2, 0.25) is 5.91 Å². The minimum absolute atomic E-state index is 0.00252. The van der Waals surface area contributed by atoms with Crippen molar-refractivity contribution in [1.29, 1.82) is 0 Å². The third-order valence-corrected chi connectivity index (χ3v) is 5.89. The lowest BCUT2D eigenvalue weighted by Gasteiger charge is -2.31. The largest absolute Gasteiger partial charge is 0.573 e. The van der Waals surface area contributed by atoms with Gasteiger partial charge in [-0.15, -0.1) is 13.2 Å². The Morgan fingerprint density at radius 3 is 2.47 bits per heavy atom. The van der Waals surface area contributed by atoms with Crippen LogP contribution in [0.1, 0.15) is 16.1 Å². The number of amides is 1. The molecule has 0 aliphatic carbocycles. The van der Waals surface area contributed by atoms with Crippen molar-refractivity contribution in [1.82, 2.24) is 24.8 Å². The molecular weight excluding hydrogens is 503 g/mol. The van der Waals surface area contributed by atoms with Crippen LogP contribution in [0.15, 0.2) is 48.9 Å². The number of anilines is 2. The summed E-state index contributed by atoms with van der Waals surface area (Å²) in [6.07, 6.45) is -0.665. The van der Waals surface area contributed by atoms with Gasteiger partial charge in [0.05, 0.1) is 36.2 Å². The first kappa shape index (κ1) is 26.9. The molecule has 0 atom stereocenters. The molecule has 3 heterocycles. The van der Waals surface area contributed by atoms with Gasteiger partial charge in [-0.1, -0.05) is 0 Å².